The summed E-state index contributed by atoms with van der Waals surface area (Å²) in [6.07, 6.45) is -3.50. The summed E-state index contributed by atoms with van der Waals surface area (Å²) >= 11 is 6.58. The van der Waals surface area contributed by atoms with Gasteiger partial charge in [-0.3, -0.25) is 24.6 Å². The van der Waals surface area contributed by atoms with Crippen LogP contribution in [0.15, 0.2) is 65.6 Å². The number of rotatable bonds is 6. The molecule has 7 nitrogen and oxygen atoms in total. The summed E-state index contributed by atoms with van der Waals surface area (Å²) in [7, 11) is 0. The molecule has 3 aromatic rings. The van der Waals surface area contributed by atoms with Gasteiger partial charge in [-0.2, -0.15) is 13.2 Å². The highest BCUT2D eigenvalue weighted by Gasteiger charge is 2.36. The van der Waals surface area contributed by atoms with Crippen molar-refractivity contribution in [2.24, 2.45) is 0 Å². The van der Waals surface area contributed by atoms with Gasteiger partial charge in [-0.15, -0.1) is 0 Å². The van der Waals surface area contributed by atoms with Crippen LogP contribution < -0.4 is 4.74 Å². The molecule has 0 aliphatic carbocycles. The summed E-state index contributed by atoms with van der Waals surface area (Å²) in [4.78, 5) is 36.5. The molecule has 0 radical (unpaired) electrons. The Morgan fingerprint density at radius 3 is 2.46 bits per heavy atom. The summed E-state index contributed by atoms with van der Waals surface area (Å²) in [5.41, 5.74) is -1.95. The predicted octanol–water partition coefficient (Wildman–Crippen LogP) is 7.43. The molecule has 3 aromatic carbocycles. The molecule has 0 atom stereocenters. The molecule has 1 fully saturated rings. The number of imide groups is 1. The molecule has 1 aliphatic rings. The zero-order chi connectivity index (χ0) is 26.9. The van der Waals surface area contributed by atoms with Crippen LogP contribution in [0.2, 0.25) is 5.02 Å². The Morgan fingerprint density at radius 2 is 1.78 bits per heavy atom. The van der Waals surface area contributed by atoms with E-state index in [-0.39, 0.29) is 26.8 Å². The van der Waals surface area contributed by atoms with Crippen molar-refractivity contribution in [3.05, 3.63) is 103 Å². The monoisotopic (exact) mass is 552 g/mol. The Morgan fingerprint density at radius 1 is 1.05 bits per heavy atom. The number of para-hydroxylation sites is 1. The fourth-order valence-electron chi connectivity index (χ4n) is 3.35. The maximum Gasteiger partial charge on any atom is 0.416 e. The van der Waals surface area contributed by atoms with Gasteiger partial charge in [0.15, 0.2) is 0 Å². The number of halogens is 5. The van der Waals surface area contributed by atoms with E-state index in [0.29, 0.717) is 23.9 Å². The maximum absolute atomic E-state index is 14.2. The molecule has 2 amide bonds. The second-order valence-corrected chi connectivity index (χ2v) is 8.95. The van der Waals surface area contributed by atoms with Crippen molar-refractivity contribution in [1.29, 1.82) is 0 Å². The number of carbonyl (C=O) groups excluding carboxylic acids is 2. The number of ether oxygens (including phenoxy) is 1. The highest BCUT2D eigenvalue weighted by molar-refractivity contribution is 8.18. The van der Waals surface area contributed by atoms with Gasteiger partial charge in [0.2, 0.25) is 5.75 Å². The number of amides is 2. The molecule has 0 bridgehead atoms. The molecule has 1 aliphatic heterocycles. The molecule has 1 saturated heterocycles. The van der Waals surface area contributed by atoms with Crippen LogP contribution in [0.25, 0.3) is 6.08 Å². The predicted molar refractivity (Wildman–Crippen MR) is 128 cm³/mol. The molecule has 4 rings (SSSR count). The first kappa shape index (κ1) is 26.2. The molecule has 0 saturated carbocycles. The minimum absolute atomic E-state index is 0.0192. The van der Waals surface area contributed by atoms with Crippen molar-refractivity contribution in [3.8, 4) is 11.5 Å². The highest BCUT2D eigenvalue weighted by atomic mass is 35.5. The quantitative estimate of drug-likeness (QED) is 0.137. The molecule has 37 heavy (non-hydrogen) atoms. The van der Waals surface area contributed by atoms with Gasteiger partial charge in [0.05, 0.1) is 21.9 Å². The minimum Gasteiger partial charge on any atom is -0.449 e. The van der Waals surface area contributed by atoms with Crippen molar-refractivity contribution in [2.45, 2.75) is 12.7 Å². The van der Waals surface area contributed by atoms with Crippen LogP contribution >= 0.6 is 23.4 Å². The first-order valence-electron chi connectivity index (χ1n) is 10.3. The lowest BCUT2D eigenvalue weighted by molar-refractivity contribution is -0.385. The fourth-order valence-corrected chi connectivity index (χ4v) is 4.40. The number of benzene rings is 3. The van der Waals surface area contributed by atoms with Gasteiger partial charge in [-0.05, 0) is 48.2 Å². The van der Waals surface area contributed by atoms with Gasteiger partial charge in [0.1, 0.15) is 11.6 Å². The Balaban J connectivity index is 1.64. The number of nitro benzene ring substituents is 1. The van der Waals surface area contributed by atoms with Crippen molar-refractivity contribution in [3.63, 3.8) is 0 Å². The lowest BCUT2D eigenvalue weighted by Gasteiger charge is -2.14. The second-order valence-electron chi connectivity index (χ2n) is 7.55. The largest absolute Gasteiger partial charge is 0.449 e. The third kappa shape index (κ3) is 5.59. The first-order chi connectivity index (χ1) is 17.5. The molecule has 1 heterocycles. The zero-order valence-corrected chi connectivity index (χ0v) is 19.9. The van der Waals surface area contributed by atoms with Gasteiger partial charge in [0.25, 0.3) is 11.1 Å². The molecule has 0 spiro atoms. The van der Waals surface area contributed by atoms with Gasteiger partial charge < -0.3 is 4.74 Å². The van der Waals surface area contributed by atoms with E-state index in [1.54, 1.807) is 6.07 Å². The number of hydrogen-bond donors (Lipinski definition) is 0. The number of thioether (sulfide) groups is 1. The molecule has 190 valence electrons. The number of alkyl halides is 3. The smallest absolute Gasteiger partial charge is 0.416 e. The van der Waals surface area contributed by atoms with Crippen LogP contribution in [0.1, 0.15) is 16.7 Å². The van der Waals surface area contributed by atoms with Gasteiger partial charge >= 0.3 is 11.9 Å². The third-order valence-electron chi connectivity index (χ3n) is 5.16. The zero-order valence-electron chi connectivity index (χ0n) is 18.3. The van der Waals surface area contributed by atoms with E-state index in [2.05, 4.69) is 0 Å². The summed E-state index contributed by atoms with van der Waals surface area (Å²) in [6.45, 7) is -0.399. The van der Waals surface area contributed by atoms with Crippen molar-refractivity contribution in [2.75, 3.05) is 0 Å². The third-order valence-corrected chi connectivity index (χ3v) is 6.42. The van der Waals surface area contributed by atoms with Gasteiger partial charge in [0, 0.05) is 22.2 Å². The molecular formula is C24H13ClF4N2O5S. The lowest BCUT2D eigenvalue weighted by Crippen LogP contribution is -2.28. The molecule has 0 unspecified atom stereocenters. The Kier molecular flexibility index (Phi) is 7.23. The Labute approximate surface area is 215 Å². The number of carbonyl (C=O) groups is 2. The number of nitrogens with zero attached hydrogens (tertiary/aromatic N) is 2. The number of nitro groups is 1. The number of hydrogen-bond acceptors (Lipinski definition) is 6. The average Bonchev–Trinajstić information content (AvgIpc) is 3.09. The van der Waals surface area contributed by atoms with E-state index in [1.165, 1.54) is 36.4 Å². The summed E-state index contributed by atoms with van der Waals surface area (Å²) in [6, 6.07) is 11.7. The Hall–Kier alpha value is -3.90. The van der Waals surface area contributed by atoms with Crippen LogP contribution in [0.4, 0.5) is 28.0 Å². The van der Waals surface area contributed by atoms with Crippen LogP contribution in [-0.2, 0) is 17.5 Å². The first-order valence-corrected chi connectivity index (χ1v) is 11.5. The van der Waals surface area contributed by atoms with E-state index in [4.69, 9.17) is 16.3 Å². The van der Waals surface area contributed by atoms with E-state index < -0.39 is 51.6 Å². The minimum atomic E-state index is -4.79. The summed E-state index contributed by atoms with van der Waals surface area (Å²) in [5.74, 6) is -1.90. The van der Waals surface area contributed by atoms with Gasteiger partial charge in [-0.1, -0.05) is 35.9 Å². The molecule has 0 N–H and O–H groups in total. The molecule has 0 aromatic heterocycles. The van der Waals surface area contributed by atoms with Gasteiger partial charge in [-0.25, -0.2) is 4.39 Å². The topological polar surface area (TPSA) is 89.7 Å². The van der Waals surface area contributed by atoms with E-state index in [1.807, 2.05) is 0 Å². The van der Waals surface area contributed by atoms with Crippen molar-refractivity contribution >= 4 is 46.3 Å². The standard InChI is InChI=1S/C24H13ClF4N2O5S/c25-16-5-3-6-17(26)15(16)12-30-22(32)21(37-23(30)33)10-13-4-1-2-7-19(13)36-20-9-8-14(24(27,28)29)11-18(20)31(34)35/h1-11H,12H2/b21-10-. The molecular weight excluding hydrogens is 540 g/mol. The fraction of sp³-hybridized carbons (Fsp3) is 0.0833. The lowest BCUT2D eigenvalue weighted by atomic mass is 10.1. The summed E-state index contributed by atoms with van der Waals surface area (Å²) < 4.78 is 58.7. The normalized spacial score (nSPS) is 14.9. The summed E-state index contributed by atoms with van der Waals surface area (Å²) in [5, 5.41) is 10.8. The van der Waals surface area contributed by atoms with E-state index >= 15 is 0 Å². The van der Waals surface area contributed by atoms with Crippen LogP contribution in [0.5, 0.6) is 11.5 Å². The highest BCUT2D eigenvalue weighted by Crippen LogP contribution is 2.40. The van der Waals surface area contributed by atoms with Crippen LogP contribution in [0.3, 0.4) is 0 Å². The maximum atomic E-state index is 14.2. The van der Waals surface area contributed by atoms with E-state index in [9.17, 15) is 37.3 Å². The van der Waals surface area contributed by atoms with Crippen LogP contribution in [-0.4, -0.2) is 21.0 Å². The average molecular weight is 553 g/mol. The Bertz CT molecular complexity index is 1440. The van der Waals surface area contributed by atoms with E-state index in [0.717, 1.165) is 17.0 Å². The SMILES string of the molecule is O=C1S/C(=C\c2ccccc2Oc2ccc(C(F)(F)F)cc2[N+](=O)[O-])C(=O)N1Cc1c(F)cccc1Cl. The van der Waals surface area contributed by atoms with Crippen molar-refractivity contribution < 1.29 is 36.8 Å². The second kappa shape index (κ2) is 10.2. The van der Waals surface area contributed by atoms with Crippen molar-refractivity contribution in [1.82, 2.24) is 4.90 Å². The molecule has 13 heteroatoms. The van der Waals surface area contributed by atoms with Crippen LogP contribution in [0, 0.1) is 15.9 Å².